The van der Waals surface area contributed by atoms with Gasteiger partial charge in [-0.25, -0.2) is 4.79 Å². The first-order valence-corrected chi connectivity index (χ1v) is 9.62. The second kappa shape index (κ2) is 8.02. The summed E-state index contributed by atoms with van der Waals surface area (Å²) in [6, 6.07) is 10.4. The van der Waals surface area contributed by atoms with Crippen LogP contribution in [0.4, 0.5) is 5.00 Å². The van der Waals surface area contributed by atoms with Crippen molar-refractivity contribution in [3.63, 3.8) is 0 Å². The van der Waals surface area contributed by atoms with Crippen LogP contribution in [0.3, 0.4) is 0 Å². The van der Waals surface area contributed by atoms with E-state index in [1.807, 2.05) is 6.07 Å². The van der Waals surface area contributed by atoms with Gasteiger partial charge in [0.1, 0.15) is 5.00 Å². The molecule has 0 saturated carbocycles. The lowest BCUT2D eigenvalue weighted by molar-refractivity contribution is -0.115. The number of ether oxygens (including phenoxy) is 1. The predicted molar refractivity (Wildman–Crippen MR) is 101 cm³/mol. The van der Waals surface area contributed by atoms with Gasteiger partial charge in [0.15, 0.2) is 0 Å². The number of hydrogen-bond donors (Lipinski definition) is 1. The Morgan fingerprint density at radius 1 is 1.32 bits per heavy atom. The average molecular weight is 378 g/mol. The monoisotopic (exact) mass is 377 g/mol. The molecule has 132 valence electrons. The molecule has 1 amide bonds. The van der Waals surface area contributed by atoms with Crippen LogP contribution >= 0.6 is 22.9 Å². The third kappa shape index (κ3) is 3.88. The quantitative estimate of drug-likeness (QED) is 0.621. The van der Waals surface area contributed by atoms with Crippen molar-refractivity contribution in [2.45, 2.75) is 31.6 Å². The molecule has 4 nitrogen and oxygen atoms in total. The SMILES string of the molecule is COC(=O)c1c(NC(=O)CCCl)sc2c1CCC(c1ccccc1)C2. The summed E-state index contributed by atoms with van der Waals surface area (Å²) >= 11 is 7.11. The lowest BCUT2D eigenvalue weighted by Gasteiger charge is -2.22. The van der Waals surface area contributed by atoms with Gasteiger partial charge in [-0.3, -0.25) is 4.79 Å². The van der Waals surface area contributed by atoms with E-state index in [4.69, 9.17) is 16.3 Å². The molecule has 1 aromatic carbocycles. The minimum Gasteiger partial charge on any atom is -0.465 e. The Balaban J connectivity index is 1.91. The van der Waals surface area contributed by atoms with Crippen molar-refractivity contribution in [1.29, 1.82) is 0 Å². The standard InChI is InChI=1S/C19H20ClNO3S/c1-24-19(23)17-14-8-7-13(12-5-3-2-4-6-12)11-15(14)25-18(17)21-16(22)9-10-20/h2-6,13H,7-11H2,1H3,(H,21,22). The maximum absolute atomic E-state index is 12.3. The van der Waals surface area contributed by atoms with Crippen LogP contribution in [0.5, 0.6) is 0 Å². The van der Waals surface area contributed by atoms with Crippen LogP contribution in [0.1, 0.15) is 45.1 Å². The first-order valence-electron chi connectivity index (χ1n) is 8.27. The van der Waals surface area contributed by atoms with Crippen molar-refractivity contribution in [1.82, 2.24) is 0 Å². The number of rotatable bonds is 5. The zero-order valence-corrected chi connectivity index (χ0v) is 15.6. The molecule has 1 aromatic heterocycles. The second-order valence-electron chi connectivity index (χ2n) is 6.04. The number of amides is 1. The van der Waals surface area contributed by atoms with Crippen LogP contribution in [0.15, 0.2) is 30.3 Å². The third-order valence-electron chi connectivity index (χ3n) is 4.50. The molecule has 0 radical (unpaired) electrons. The lowest BCUT2D eigenvalue weighted by atomic mass is 9.83. The van der Waals surface area contributed by atoms with E-state index in [0.717, 1.165) is 29.7 Å². The average Bonchev–Trinajstić information content (AvgIpc) is 2.98. The van der Waals surface area contributed by atoms with Crippen molar-refractivity contribution in [2.24, 2.45) is 0 Å². The predicted octanol–water partition coefficient (Wildman–Crippen LogP) is 4.37. The number of carbonyl (C=O) groups is 2. The van der Waals surface area contributed by atoms with Gasteiger partial charge >= 0.3 is 5.97 Å². The Bertz CT molecular complexity index is 772. The molecule has 0 aliphatic heterocycles. The van der Waals surface area contributed by atoms with Crippen LogP contribution < -0.4 is 5.32 Å². The molecule has 0 saturated heterocycles. The zero-order valence-electron chi connectivity index (χ0n) is 14.0. The van der Waals surface area contributed by atoms with E-state index < -0.39 is 5.97 Å². The first-order chi connectivity index (χ1) is 12.1. The van der Waals surface area contributed by atoms with E-state index in [-0.39, 0.29) is 18.2 Å². The fraction of sp³-hybridized carbons (Fsp3) is 0.368. The molecule has 2 aromatic rings. The van der Waals surface area contributed by atoms with E-state index in [0.29, 0.717) is 16.5 Å². The van der Waals surface area contributed by atoms with Gasteiger partial charge in [-0.15, -0.1) is 22.9 Å². The molecule has 0 fully saturated rings. The van der Waals surface area contributed by atoms with Crippen LogP contribution in [-0.2, 0) is 22.4 Å². The maximum Gasteiger partial charge on any atom is 0.341 e. The van der Waals surface area contributed by atoms with Gasteiger partial charge in [-0.2, -0.15) is 0 Å². The molecule has 0 spiro atoms. The fourth-order valence-corrected chi connectivity index (χ4v) is 4.78. The number of methoxy groups -OCH3 is 1. The normalized spacial score (nSPS) is 16.2. The smallest absolute Gasteiger partial charge is 0.341 e. The molecule has 0 bridgehead atoms. The zero-order chi connectivity index (χ0) is 17.8. The fourth-order valence-electron chi connectivity index (χ4n) is 3.28. The Morgan fingerprint density at radius 3 is 2.76 bits per heavy atom. The van der Waals surface area contributed by atoms with Gasteiger partial charge in [0, 0.05) is 17.2 Å². The van der Waals surface area contributed by atoms with E-state index in [9.17, 15) is 9.59 Å². The maximum atomic E-state index is 12.3. The molecule has 3 rings (SSSR count). The van der Waals surface area contributed by atoms with Crippen molar-refractivity contribution in [2.75, 3.05) is 18.3 Å². The number of alkyl halides is 1. The number of esters is 1. The highest BCUT2D eigenvalue weighted by atomic mass is 35.5. The third-order valence-corrected chi connectivity index (χ3v) is 5.86. The second-order valence-corrected chi connectivity index (χ2v) is 7.52. The lowest BCUT2D eigenvalue weighted by Crippen LogP contribution is -2.16. The highest BCUT2D eigenvalue weighted by Crippen LogP contribution is 2.42. The summed E-state index contributed by atoms with van der Waals surface area (Å²) in [7, 11) is 1.37. The summed E-state index contributed by atoms with van der Waals surface area (Å²) in [6.07, 6.45) is 2.88. The number of anilines is 1. The minimum atomic E-state index is -0.392. The Morgan fingerprint density at radius 2 is 2.08 bits per heavy atom. The van der Waals surface area contributed by atoms with E-state index in [2.05, 4.69) is 29.6 Å². The molecular weight excluding hydrogens is 358 g/mol. The van der Waals surface area contributed by atoms with Gasteiger partial charge in [-0.1, -0.05) is 30.3 Å². The molecule has 25 heavy (non-hydrogen) atoms. The van der Waals surface area contributed by atoms with Crippen LogP contribution in [0.2, 0.25) is 0 Å². The molecule has 1 aliphatic carbocycles. The number of fused-ring (bicyclic) bond motifs is 1. The van der Waals surface area contributed by atoms with Gasteiger partial charge in [0.2, 0.25) is 5.91 Å². The molecule has 1 unspecified atom stereocenters. The summed E-state index contributed by atoms with van der Waals surface area (Å²) in [4.78, 5) is 25.4. The number of hydrogen-bond acceptors (Lipinski definition) is 4. The molecule has 1 aliphatic rings. The van der Waals surface area contributed by atoms with Gasteiger partial charge in [0.05, 0.1) is 12.7 Å². The van der Waals surface area contributed by atoms with Gasteiger partial charge in [0.25, 0.3) is 0 Å². The van der Waals surface area contributed by atoms with Crippen molar-refractivity contribution in [3.8, 4) is 0 Å². The molecule has 1 N–H and O–H groups in total. The topological polar surface area (TPSA) is 55.4 Å². The Labute approximate surface area is 156 Å². The number of thiophene rings is 1. The number of nitrogens with one attached hydrogen (secondary N) is 1. The van der Waals surface area contributed by atoms with E-state index in [1.54, 1.807) is 0 Å². The summed E-state index contributed by atoms with van der Waals surface area (Å²) in [5, 5.41) is 3.42. The van der Waals surface area contributed by atoms with E-state index >= 15 is 0 Å². The highest BCUT2D eigenvalue weighted by molar-refractivity contribution is 7.17. The number of benzene rings is 1. The van der Waals surface area contributed by atoms with Crippen LogP contribution in [0.25, 0.3) is 0 Å². The van der Waals surface area contributed by atoms with Gasteiger partial charge < -0.3 is 10.1 Å². The molecule has 6 heteroatoms. The van der Waals surface area contributed by atoms with Crippen molar-refractivity contribution in [3.05, 3.63) is 51.9 Å². The number of halogens is 1. The van der Waals surface area contributed by atoms with E-state index in [1.165, 1.54) is 24.0 Å². The summed E-state index contributed by atoms with van der Waals surface area (Å²) in [5.41, 5.74) is 2.84. The van der Waals surface area contributed by atoms with Gasteiger partial charge in [-0.05, 0) is 36.3 Å². The molecule has 1 heterocycles. The largest absolute Gasteiger partial charge is 0.465 e. The number of carbonyl (C=O) groups excluding carboxylic acids is 2. The molecule has 1 atom stereocenters. The summed E-state index contributed by atoms with van der Waals surface area (Å²) < 4.78 is 4.94. The molecular formula is C19H20ClNO3S. The highest BCUT2D eigenvalue weighted by Gasteiger charge is 2.30. The minimum absolute atomic E-state index is 0.182. The first kappa shape index (κ1) is 18.0. The Kier molecular flexibility index (Phi) is 5.76. The Hall–Kier alpha value is -1.85. The van der Waals surface area contributed by atoms with Crippen LogP contribution in [0, 0.1) is 0 Å². The summed E-state index contributed by atoms with van der Waals surface area (Å²) in [6.45, 7) is 0. The van der Waals surface area contributed by atoms with Crippen LogP contribution in [-0.4, -0.2) is 24.9 Å². The van der Waals surface area contributed by atoms with Crippen molar-refractivity contribution < 1.29 is 14.3 Å². The van der Waals surface area contributed by atoms with Crippen molar-refractivity contribution >= 4 is 39.8 Å². The summed E-state index contributed by atoms with van der Waals surface area (Å²) in [5.74, 6) is 0.111.